The van der Waals surface area contributed by atoms with Crippen molar-refractivity contribution in [2.45, 2.75) is 481 Å². The number of unbranched alkanes of at least 4 members (excludes halogenated alkanes) is 18. The smallest absolute Gasteiger partial charge is 0.263 e. The second kappa shape index (κ2) is 55.7. The van der Waals surface area contributed by atoms with Gasteiger partial charge in [-0.3, -0.25) is 29.0 Å². The lowest BCUT2D eigenvalue weighted by molar-refractivity contribution is -0.105. The monoisotopic (exact) mass is 2190 g/mol. The van der Waals surface area contributed by atoms with Crippen molar-refractivity contribution in [1.82, 2.24) is 18.5 Å². The van der Waals surface area contributed by atoms with Crippen molar-refractivity contribution in [3.63, 3.8) is 0 Å². The maximum atomic E-state index is 15.9. The van der Waals surface area contributed by atoms with E-state index in [1.807, 2.05) is 52.7 Å². The SMILES string of the molecule is CCCCCCCCN1C(=O)c2c(C)sc(-c3cc4c(s3)C3SC(c5sc(-c6cc7c(s6)-c6sccc6[Si]7(CCCCCC)CC(CC)CCCC)c6c5C(=O)N(CCCCCCCC)C6=O)=CC3OC4(CCCCCC(C)CCCC(C)C)CCCC(C)CCCC(C)C)c2C1=O.Cc1cc2c(s1)-c1sc(-c3c(F)c(F)c(C)c4nsnc34)cc1C(CCCCCC(C)CCCC(C)C)(CCCC(C)CCCC(C)C)O2. The van der Waals surface area contributed by atoms with Gasteiger partial charge in [-0.15, -0.1) is 91.1 Å². The van der Waals surface area contributed by atoms with Gasteiger partial charge in [-0.05, 0) is 196 Å². The van der Waals surface area contributed by atoms with E-state index in [1.165, 1.54) is 248 Å². The Kier molecular flexibility index (Phi) is 44.6. The Hall–Kier alpha value is -4.85. The van der Waals surface area contributed by atoms with Crippen molar-refractivity contribution in [2.75, 3.05) is 13.1 Å². The van der Waals surface area contributed by atoms with Crippen LogP contribution in [0.3, 0.4) is 0 Å². The Bertz CT molecular complexity index is 5810. The maximum Gasteiger partial charge on any atom is 0.263 e. The first kappa shape index (κ1) is 118. The van der Waals surface area contributed by atoms with Gasteiger partial charge in [-0.25, -0.2) is 8.78 Å². The number of thiophene rings is 7. The Morgan fingerprint density at radius 1 is 0.408 bits per heavy atom. The summed E-state index contributed by atoms with van der Waals surface area (Å²) in [6.07, 6.45) is 58.2. The molecule has 14 heterocycles. The highest BCUT2D eigenvalue weighted by molar-refractivity contribution is 8.09. The van der Waals surface area contributed by atoms with Gasteiger partial charge >= 0.3 is 0 Å². The van der Waals surface area contributed by atoms with Gasteiger partial charge in [0.2, 0.25) is 0 Å². The molecule has 0 saturated heterocycles. The van der Waals surface area contributed by atoms with Crippen LogP contribution >= 0.6 is 103 Å². The third-order valence-corrected chi connectivity index (χ3v) is 50.0. The van der Waals surface area contributed by atoms with Crippen molar-refractivity contribution in [2.24, 2.45) is 53.3 Å². The Balaban J connectivity index is 0.000000291. The van der Waals surface area contributed by atoms with Crippen LogP contribution in [0.15, 0.2) is 41.8 Å². The molecule has 0 saturated carbocycles. The molecule has 10 nitrogen and oxygen atoms in total. The standard InChI is InChI=1S/C84H124N2O5S6Si.C41H58F2N2OS3/c1-13-18-22-25-27-32-48-85-80(87)69-60(12)93-75(70(69)81(85)88)64-52-62-73(94-64)74-63(91-84(62,47-37-43-59(11)42-36-39-57(8)9)46-31-29-30-40-58(10)41-35-38-56(6)7)53-65(95-74)76-71-72(83(90)86(82(71)89)49-33-28-26-23-19-14-2)77(97-76)66-54-68-79(96-66)78-67(45-50-92-78)98(68,51-34-24-20-15-3)55-61(17-5)44-21-16-4;1-25(2)15-12-18-27(5)17-10-9-11-21-41(22-14-20-28(6)19-13-16-26(3)4)31-24-33(48-39(31)40-32(46-41)23-29(7)47-40)34-36(43)35(42)30(8)37-38(34)45-49-44-37/h45,50,52-54,56-59,61,63,74H,13-44,46-49,51,55H2,1-12H3;23-28H,9-22H2,1-8H3. The van der Waals surface area contributed by atoms with E-state index < -0.39 is 30.9 Å². The summed E-state index contributed by atoms with van der Waals surface area (Å²) in [5.41, 5.74) is 5.15. The molecule has 0 bridgehead atoms. The molecule has 810 valence electrons. The van der Waals surface area contributed by atoms with Crippen LogP contribution in [-0.4, -0.2) is 69.4 Å². The number of amides is 4. The number of thioether (sulfide) groups is 1. The minimum atomic E-state index is -2.22. The Labute approximate surface area is 923 Å². The molecule has 0 fully saturated rings. The van der Waals surface area contributed by atoms with Gasteiger partial charge < -0.3 is 9.47 Å². The lowest BCUT2D eigenvalue weighted by atomic mass is 9.79. The summed E-state index contributed by atoms with van der Waals surface area (Å²) >= 11 is 15.2. The van der Waals surface area contributed by atoms with Gasteiger partial charge in [0.15, 0.2) is 11.6 Å². The quantitative estimate of drug-likeness (QED) is 0.0208. The van der Waals surface area contributed by atoms with Gasteiger partial charge in [-0.2, -0.15) is 8.75 Å². The number of fused-ring (bicyclic) bond motifs is 12. The van der Waals surface area contributed by atoms with Crippen molar-refractivity contribution < 1.29 is 37.4 Å². The zero-order chi connectivity index (χ0) is 105. The Morgan fingerprint density at radius 3 is 1.46 bits per heavy atom. The van der Waals surface area contributed by atoms with E-state index >= 15 is 18.4 Å². The van der Waals surface area contributed by atoms with E-state index in [0.29, 0.717) is 80.8 Å². The normalized spacial score (nSPS) is 19.3. The maximum absolute atomic E-state index is 15.9. The van der Waals surface area contributed by atoms with Crippen molar-refractivity contribution >= 4 is 161 Å². The van der Waals surface area contributed by atoms with Gasteiger partial charge in [0.1, 0.15) is 30.5 Å². The van der Waals surface area contributed by atoms with Crippen molar-refractivity contribution in [3.05, 3.63) is 112 Å². The molecule has 6 aliphatic heterocycles. The van der Waals surface area contributed by atoms with E-state index in [1.54, 1.807) is 72.4 Å². The van der Waals surface area contributed by atoms with Crippen LogP contribution < -0.4 is 15.1 Å². The summed E-state index contributed by atoms with van der Waals surface area (Å²) in [6.45, 7) is 46.6. The lowest BCUT2D eigenvalue weighted by Crippen LogP contribution is -2.55. The molecule has 9 aromatic rings. The lowest BCUT2D eigenvalue weighted by Gasteiger charge is -2.43. The van der Waals surface area contributed by atoms with Crippen LogP contribution in [0.5, 0.6) is 5.75 Å². The number of rotatable bonds is 65. The predicted octanol–water partition coefficient (Wildman–Crippen LogP) is 41.0. The third kappa shape index (κ3) is 28.2. The van der Waals surface area contributed by atoms with Gasteiger partial charge in [0, 0.05) is 68.1 Å². The minimum Gasteiger partial charge on any atom is -0.481 e. The van der Waals surface area contributed by atoms with Gasteiger partial charge in [0.25, 0.3) is 23.6 Å². The number of hydrogen-bond donors (Lipinski definition) is 0. The molecule has 10 atom stereocenters. The van der Waals surface area contributed by atoms with Crippen molar-refractivity contribution in [3.8, 4) is 55.2 Å². The molecular weight excluding hydrogens is 2010 g/mol. The highest BCUT2D eigenvalue weighted by Crippen LogP contribution is 2.65. The summed E-state index contributed by atoms with van der Waals surface area (Å²) in [7, 11) is -2.22. The molecule has 1 aromatic carbocycles. The highest BCUT2D eigenvalue weighted by Gasteiger charge is 2.54. The Morgan fingerprint density at radius 2 is 0.884 bits per heavy atom. The number of carbonyl (C=O) groups is 4. The van der Waals surface area contributed by atoms with E-state index in [4.69, 9.17) is 9.47 Å². The van der Waals surface area contributed by atoms with Crippen LogP contribution in [-0.2, 0) is 15.9 Å². The van der Waals surface area contributed by atoms with Gasteiger partial charge in [0.05, 0.1) is 80.9 Å². The molecule has 6 aliphatic rings. The molecule has 0 radical (unpaired) electrons. The fraction of sp³-hybridized carbons (Fsp3) is 0.680. The van der Waals surface area contributed by atoms with E-state index in [-0.39, 0.29) is 46.1 Å². The first-order chi connectivity index (χ1) is 70.8. The molecule has 15 rings (SSSR count). The van der Waals surface area contributed by atoms with E-state index in [0.717, 1.165) is 188 Å². The van der Waals surface area contributed by atoms with Crippen LogP contribution in [0, 0.1) is 85.7 Å². The number of nitrogens with zero attached hydrogens (tertiary/aromatic N) is 4. The molecule has 0 N–H and O–H groups in total. The molecule has 0 spiro atoms. The van der Waals surface area contributed by atoms with Crippen LogP contribution in [0.4, 0.5) is 8.78 Å². The summed E-state index contributed by atoms with van der Waals surface area (Å²) in [5, 5.41) is 5.55. The third-order valence-electron chi connectivity index (χ3n) is 33.6. The number of imide groups is 2. The average Bonchev–Trinajstić information content (AvgIpc) is 1.54. The fourth-order valence-electron chi connectivity index (χ4n) is 24.9. The van der Waals surface area contributed by atoms with Crippen LogP contribution in [0.25, 0.3) is 65.4 Å². The second-order valence-electron chi connectivity index (χ2n) is 47.7. The summed E-state index contributed by atoms with van der Waals surface area (Å²) < 4.78 is 55.2. The fourth-order valence-corrected chi connectivity index (χ4v) is 43.1. The zero-order valence-corrected chi connectivity index (χ0v) is 102. The molecule has 4 amide bonds. The summed E-state index contributed by atoms with van der Waals surface area (Å²) in [6, 6.07) is 14.4. The number of aromatic nitrogens is 2. The van der Waals surface area contributed by atoms with Crippen LogP contribution in [0.1, 0.15) is 509 Å². The number of hydrogen-bond acceptors (Lipinski definition) is 17. The number of aryl methyl sites for hydroxylation is 3. The summed E-state index contributed by atoms with van der Waals surface area (Å²) in [5.74, 6) is 5.20. The number of halogens is 2. The molecule has 10 unspecified atom stereocenters. The average molecular weight is 2190 g/mol. The van der Waals surface area contributed by atoms with Crippen LogP contribution in [0.2, 0.25) is 12.1 Å². The first-order valence-corrected chi connectivity index (χ1v) is 68.6. The number of benzene rings is 1. The topological polar surface area (TPSA) is 119 Å². The van der Waals surface area contributed by atoms with Gasteiger partial charge in [-0.1, -0.05) is 374 Å². The first-order valence-electron chi connectivity index (χ1n) is 58.8. The predicted molar refractivity (Wildman–Crippen MR) is 639 cm³/mol. The largest absolute Gasteiger partial charge is 0.481 e. The van der Waals surface area contributed by atoms with E-state index in [2.05, 4.69) is 175 Å². The molecular formula is C125H182F2N4O6S9Si. The molecule has 0 aliphatic carbocycles. The number of ether oxygens (including phenoxy) is 2. The molecule has 8 aromatic heterocycles. The molecule has 147 heavy (non-hydrogen) atoms. The van der Waals surface area contributed by atoms with Crippen molar-refractivity contribution in [1.29, 1.82) is 0 Å². The highest BCUT2D eigenvalue weighted by atomic mass is 32.2. The zero-order valence-electron chi connectivity index (χ0n) is 93.8. The minimum absolute atomic E-state index is 0.0851. The second-order valence-corrected chi connectivity index (χ2v) is 61.1. The number of carbonyl (C=O) groups excluding carboxylic acids is 4. The van der Waals surface area contributed by atoms with E-state index in [9.17, 15) is 9.59 Å². The molecule has 22 heteroatoms. The summed E-state index contributed by atoms with van der Waals surface area (Å²) in [4.78, 5) is 79.1.